The monoisotopic (exact) mass is 487 g/mol. The first-order valence-electron chi connectivity index (χ1n) is 11.8. The van der Waals surface area contributed by atoms with Crippen LogP contribution in [0.3, 0.4) is 0 Å². The first kappa shape index (κ1) is 22.5. The van der Waals surface area contributed by atoms with Crippen molar-refractivity contribution in [3.8, 4) is 28.4 Å². The Balaban J connectivity index is 1.22. The lowest BCUT2D eigenvalue weighted by Crippen LogP contribution is -2.05. The van der Waals surface area contributed by atoms with Gasteiger partial charge in [0.1, 0.15) is 24.0 Å². The summed E-state index contributed by atoms with van der Waals surface area (Å²) in [4.78, 5) is 17.4. The maximum absolute atomic E-state index is 15.1. The quantitative estimate of drug-likeness (QED) is 0.396. The Bertz CT molecular complexity index is 1530. The fourth-order valence-corrected chi connectivity index (χ4v) is 5.44. The number of rotatable bonds is 6. The minimum atomic E-state index is -0.468. The number of pyridine rings is 1. The fraction of sp³-hybridized carbons (Fsp3) is 0.296. The van der Waals surface area contributed by atoms with Gasteiger partial charge in [0.2, 0.25) is 11.7 Å². The van der Waals surface area contributed by atoms with Crippen molar-refractivity contribution >= 4 is 5.78 Å². The van der Waals surface area contributed by atoms with Crippen LogP contribution < -0.4 is 4.74 Å². The van der Waals surface area contributed by atoms with Crippen LogP contribution in [0.4, 0.5) is 8.78 Å². The Morgan fingerprint density at radius 1 is 1.14 bits per heavy atom. The van der Waals surface area contributed by atoms with E-state index in [1.165, 1.54) is 16.9 Å². The van der Waals surface area contributed by atoms with Gasteiger partial charge in [0, 0.05) is 34.9 Å². The van der Waals surface area contributed by atoms with Gasteiger partial charge < -0.3 is 4.74 Å². The number of fused-ring (bicyclic) bond motifs is 3. The van der Waals surface area contributed by atoms with Crippen LogP contribution in [0.15, 0.2) is 42.6 Å². The zero-order chi connectivity index (χ0) is 25.1. The zero-order valence-electron chi connectivity index (χ0n) is 20.0. The van der Waals surface area contributed by atoms with Crippen LogP contribution in [0.2, 0.25) is 0 Å². The number of hydrogen-bond acceptors (Lipinski definition) is 6. The minimum Gasteiger partial charge on any atom is -0.473 e. The Morgan fingerprint density at radius 3 is 2.69 bits per heavy atom. The zero-order valence-corrected chi connectivity index (χ0v) is 20.0. The molecule has 7 nitrogen and oxygen atoms in total. The number of benzene rings is 2. The lowest BCUT2D eigenvalue weighted by atomic mass is 9.96. The molecule has 0 radical (unpaired) electrons. The summed E-state index contributed by atoms with van der Waals surface area (Å²) in [5.41, 5.74) is 4.58. The van der Waals surface area contributed by atoms with Crippen molar-refractivity contribution in [3.63, 3.8) is 0 Å². The van der Waals surface area contributed by atoms with E-state index in [1.807, 2.05) is 6.07 Å². The van der Waals surface area contributed by atoms with Crippen molar-refractivity contribution in [2.24, 2.45) is 18.9 Å². The molecule has 4 aromatic rings. The third kappa shape index (κ3) is 3.75. The van der Waals surface area contributed by atoms with Crippen molar-refractivity contribution in [2.75, 3.05) is 0 Å². The highest BCUT2D eigenvalue weighted by atomic mass is 19.1. The van der Waals surface area contributed by atoms with Crippen LogP contribution in [0.5, 0.6) is 5.88 Å². The van der Waals surface area contributed by atoms with Gasteiger partial charge in [0.25, 0.3) is 0 Å². The molecule has 0 saturated heterocycles. The molecular weight excluding hydrogens is 464 g/mol. The predicted octanol–water partition coefficient (Wildman–Crippen LogP) is 4.58. The van der Waals surface area contributed by atoms with Gasteiger partial charge >= 0.3 is 0 Å². The van der Waals surface area contributed by atoms with E-state index in [9.17, 15) is 9.18 Å². The van der Waals surface area contributed by atoms with Crippen molar-refractivity contribution in [3.05, 3.63) is 76.5 Å². The number of aryl methyl sites for hydroxylation is 2. The second-order valence-corrected chi connectivity index (χ2v) is 9.60. The number of carbonyl (C=O) groups excluding carboxylic acids is 1. The van der Waals surface area contributed by atoms with Crippen LogP contribution >= 0.6 is 0 Å². The summed E-state index contributed by atoms with van der Waals surface area (Å²) in [7, 11) is 1.64. The number of halogens is 2. The third-order valence-electron chi connectivity index (χ3n) is 7.25. The largest absolute Gasteiger partial charge is 0.473 e. The third-order valence-corrected chi connectivity index (χ3v) is 7.25. The van der Waals surface area contributed by atoms with Gasteiger partial charge in [-0.15, -0.1) is 10.2 Å². The average Bonchev–Trinajstić information content (AvgIpc) is 3.17. The molecule has 36 heavy (non-hydrogen) atoms. The average molecular weight is 488 g/mol. The molecule has 0 unspecified atom stereocenters. The Hall–Kier alpha value is -4.01. The Labute approximate surface area is 206 Å². The molecule has 182 valence electrons. The number of nitrogens with zero attached hydrogens (tertiary/aromatic N) is 5. The van der Waals surface area contributed by atoms with Gasteiger partial charge in [0.15, 0.2) is 0 Å². The summed E-state index contributed by atoms with van der Waals surface area (Å²) in [5.74, 6) is 0.843. The SMILES string of the molecule is CC(=O)[C@H]1[C@@H]2Cc3cc(OCc4cc(-c5ccc(-c6nnn(C)n6)cc5F)c(C)cc4F)ncc3[C@@H]21. The highest BCUT2D eigenvalue weighted by molar-refractivity contribution is 5.84. The van der Waals surface area contributed by atoms with E-state index in [1.54, 1.807) is 45.3 Å². The summed E-state index contributed by atoms with van der Waals surface area (Å²) >= 11 is 0. The fourth-order valence-electron chi connectivity index (χ4n) is 5.44. The van der Waals surface area contributed by atoms with E-state index >= 15 is 4.39 Å². The molecule has 2 aliphatic rings. The maximum Gasteiger partial charge on any atom is 0.213 e. The second-order valence-electron chi connectivity index (χ2n) is 9.60. The summed E-state index contributed by atoms with van der Waals surface area (Å²) in [6.07, 6.45) is 2.61. The number of Topliss-reactive ketones (excluding diaryl/α,β-unsaturated/α-hetero) is 1. The molecule has 2 aromatic heterocycles. The molecule has 2 aliphatic carbocycles. The standard InChI is InChI=1S/C27H23F2N5O2/c1-13-6-22(28)17(8-19(13)18-5-4-15(9-23(18)29)27-31-33-34(3)32-27)12-36-24-10-16-7-20-25(14(2)35)26(20)21(16)11-30-24/h4-6,8-11,20,25-26H,7,12H2,1-3H3/t20-,25-,26+/m0/s1. The molecule has 0 aliphatic heterocycles. The molecule has 0 bridgehead atoms. The van der Waals surface area contributed by atoms with Gasteiger partial charge in [-0.1, -0.05) is 12.1 Å². The minimum absolute atomic E-state index is 0.0446. The maximum atomic E-state index is 15.1. The number of aromatic nitrogens is 5. The number of hydrogen-bond donors (Lipinski definition) is 0. The van der Waals surface area contributed by atoms with E-state index in [4.69, 9.17) is 4.74 Å². The van der Waals surface area contributed by atoms with E-state index in [2.05, 4.69) is 20.4 Å². The van der Waals surface area contributed by atoms with E-state index in [0.717, 1.165) is 17.5 Å². The van der Waals surface area contributed by atoms with Crippen LogP contribution in [-0.4, -0.2) is 31.0 Å². The predicted molar refractivity (Wildman–Crippen MR) is 127 cm³/mol. The smallest absolute Gasteiger partial charge is 0.213 e. The Morgan fingerprint density at radius 2 is 1.97 bits per heavy atom. The summed E-state index contributed by atoms with van der Waals surface area (Å²) < 4.78 is 35.7. The van der Waals surface area contributed by atoms with E-state index in [-0.39, 0.29) is 24.2 Å². The number of tetrazole rings is 1. The lowest BCUT2D eigenvalue weighted by Gasteiger charge is -2.13. The molecule has 0 N–H and O–H groups in total. The summed E-state index contributed by atoms with van der Waals surface area (Å²) in [6.45, 7) is 3.34. The first-order chi connectivity index (χ1) is 17.3. The van der Waals surface area contributed by atoms with Gasteiger partial charge in [-0.25, -0.2) is 13.8 Å². The van der Waals surface area contributed by atoms with Crippen molar-refractivity contribution in [1.82, 2.24) is 25.2 Å². The number of ketones is 1. The van der Waals surface area contributed by atoms with Crippen LogP contribution in [0.1, 0.15) is 35.1 Å². The number of ether oxygens (including phenoxy) is 1. The van der Waals surface area contributed by atoms with Crippen LogP contribution in [-0.2, 0) is 24.9 Å². The molecular formula is C27H23F2N5O2. The van der Waals surface area contributed by atoms with Crippen LogP contribution in [0.25, 0.3) is 22.5 Å². The van der Waals surface area contributed by atoms with Crippen molar-refractivity contribution in [2.45, 2.75) is 32.8 Å². The van der Waals surface area contributed by atoms with Gasteiger partial charge in [-0.05, 0) is 77.8 Å². The lowest BCUT2D eigenvalue weighted by molar-refractivity contribution is -0.118. The first-order valence-corrected chi connectivity index (χ1v) is 11.8. The molecule has 0 amide bonds. The molecule has 3 atom stereocenters. The molecule has 1 fully saturated rings. The molecule has 9 heteroatoms. The van der Waals surface area contributed by atoms with E-state index < -0.39 is 11.6 Å². The second kappa shape index (κ2) is 8.29. The topological polar surface area (TPSA) is 82.8 Å². The van der Waals surface area contributed by atoms with Gasteiger partial charge in [0.05, 0.1) is 7.05 Å². The summed E-state index contributed by atoms with van der Waals surface area (Å²) in [6, 6.07) is 9.57. The highest BCUT2D eigenvalue weighted by Gasteiger charge is 2.58. The van der Waals surface area contributed by atoms with Crippen molar-refractivity contribution in [1.29, 1.82) is 0 Å². The molecule has 2 heterocycles. The van der Waals surface area contributed by atoms with E-state index in [0.29, 0.717) is 45.4 Å². The van der Waals surface area contributed by atoms with Gasteiger partial charge in [-0.3, -0.25) is 4.79 Å². The van der Waals surface area contributed by atoms with Crippen LogP contribution in [0, 0.1) is 30.4 Å². The molecule has 2 aromatic carbocycles. The highest BCUT2D eigenvalue weighted by Crippen LogP contribution is 2.61. The van der Waals surface area contributed by atoms with Gasteiger partial charge in [-0.2, -0.15) is 4.80 Å². The summed E-state index contributed by atoms with van der Waals surface area (Å²) in [5, 5.41) is 11.8. The molecule has 1 saturated carbocycles. The normalized spacial score (nSPS) is 19.6. The molecule has 6 rings (SSSR count). The number of carbonyl (C=O) groups is 1. The Kier molecular flexibility index (Phi) is 5.17. The molecule has 0 spiro atoms. The van der Waals surface area contributed by atoms with Crippen molar-refractivity contribution < 1.29 is 18.3 Å².